The zero-order valence-electron chi connectivity index (χ0n) is 24.1. The first-order chi connectivity index (χ1) is 21.3. The number of hydrogen-bond donors (Lipinski definition) is 2. The molecule has 0 radical (unpaired) electrons. The summed E-state index contributed by atoms with van der Waals surface area (Å²) in [6, 6.07) is 5.65. The number of fused-ring (bicyclic) bond motifs is 9. The Morgan fingerprint density at radius 2 is 1.82 bits per heavy atom. The topological polar surface area (TPSA) is 156 Å². The fraction of sp³-hybridized carbons (Fsp3) is 0.567. The van der Waals surface area contributed by atoms with Gasteiger partial charge >= 0.3 is 10.8 Å². The number of carboxylic acids is 1. The third-order valence-electron chi connectivity index (χ3n) is 9.71. The van der Waals surface area contributed by atoms with Gasteiger partial charge in [-0.2, -0.15) is 0 Å². The number of rotatable bonds is 9. The van der Waals surface area contributed by atoms with E-state index in [9.17, 15) is 29.1 Å². The van der Waals surface area contributed by atoms with Crippen LogP contribution in [0.1, 0.15) is 36.1 Å². The number of thiazole rings is 1. The summed E-state index contributed by atoms with van der Waals surface area (Å²) in [6.45, 7) is 4.07. The van der Waals surface area contributed by atoms with Gasteiger partial charge in [-0.3, -0.25) is 28.9 Å². The second-order valence-electron chi connectivity index (χ2n) is 11.9. The molecule has 12 nitrogen and oxygen atoms in total. The fourth-order valence-electron chi connectivity index (χ4n) is 8.03. The molecule has 4 heterocycles. The Kier molecular flexibility index (Phi) is 7.69. The number of amides is 3. The predicted octanol–water partition coefficient (Wildman–Crippen LogP) is 2.02. The summed E-state index contributed by atoms with van der Waals surface area (Å²) in [5.41, 5.74) is 0.913. The number of ether oxygens (including phenoxy) is 3. The van der Waals surface area contributed by atoms with Crippen molar-refractivity contribution >= 4 is 46.8 Å². The molecule has 4 fully saturated rings. The number of morpholine rings is 1. The number of carbonyl (C=O) groups is 4. The maximum atomic E-state index is 13.6. The highest BCUT2D eigenvalue weighted by atomic mass is 32.2. The molecule has 1 aromatic heterocycles. The van der Waals surface area contributed by atoms with Crippen LogP contribution in [0.25, 0.3) is 0 Å². The van der Waals surface area contributed by atoms with Crippen molar-refractivity contribution in [1.29, 1.82) is 0 Å². The number of carbonyl (C=O) groups excluding carboxylic acids is 3. The van der Waals surface area contributed by atoms with Gasteiger partial charge < -0.3 is 29.2 Å². The summed E-state index contributed by atoms with van der Waals surface area (Å²) in [7, 11) is 0. The molecular weight excluding hydrogens is 610 g/mol. The third kappa shape index (κ3) is 4.81. The summed E-state index contributed by atoms with van der Waals surface area (Å²) in [5.74, 6) is -2.07. The summed E-state index contributed by atoms with van der Waals surface area (Å²) in [4.78, 5) is 70.1. The summed E-state index contributed by atoms with van der Waals surface area (Å²) in [5, 5.41) is 9.98. The number of carboxylic acid groups (broad SMARTS) is 1. The van der Waals surface area contributed by atoms with Crippen molar-refractivity contribution in [3.63, 3.8) is 0 Å². The molecule has 6 unspecified atom stereocenters. The predicted molar refractivity (Wildman–Crippen MR) is 158 cm³/mol. The number of H-pyrrole nitrogens is 1. The van der Waals surface area contributed by atoms with Crippen LogP contribution in [-0.4, -0.2) is 94.9 Å². The lowest BCUT2D eigenvalue weighted by atomic mass is 9.68. The fourth-order valence-corrected chi connectivity index (χ4v) is 10.9. The number of thioether (sulfide) groups is 1. The van der Waals surface area contributed by atoms with Gasteiger partial charge in [0, 0.05) is 35.7 Å². The van der Waals surface area contributed by atoms with Crippen LogP contribution >= 0.6 is 23.1 Å². The van der Waals surface area contributed by atoms with E-state index in [-0.39, 0.29) is 71.1 Å². The second kappa shape index (κ2) is 11.5. The van der Waals surface area contributed by atoms with E-state index in [1.54, 1.807) is 22.7 Å². The van der Waals surface area contributed by atoms with Gasteiger partial charge in [0.15, 0.2) is 18.1 Å². The molecule has 2 N–H and O–H groups in total. The largest absolute Gasteiger partial charge is 0.490 e. The molecule has 3 aliphatic heterocycles. The molecular formula is C30H33N3O9S2. The molecule has 2 saturated heterocycles. The molecule has 5 aliphatic rings. The highest BCUT2D eigenvalue weighted by molar-refractivity contribution is 8.00. The van der Waals surface area contributed by atoms with Crippen molar-refractivity contribution in [3.05, 3.63) is 38.3 Å². The van der Waals surface area contributed by atoms with Crippen molar-refractivity contribution < 1.29 is 38.5 Å². The lowest BCUT2D eigenvalue weighted by molar-refractivity contribution is -0.143. The summed E-state index contributed by atoms with van der Waals surface area (Å²) < 4.78 is 17.3. The summed E-state index contributed by atoms with van der Waals surface area (Å²) in [6.07, 6.45) is 0.461. The number of imide groups is 1. The highest BCUT2D eigenvalue weighted by Gasteiger charge is 2.69. The number of hydrogen-bond acceptors (Lipinski definition) is 10. The molecule has 3 amide bonds. The lowest BCUT2D eigenvalue weighted by Gasteiger charge is -2.43. The second-order valence-corrected chi connectivity index (χ2v) is 14.1. The van der Waals surface area contributed by atoms with Crippen molar-refractivity contribution in [2.24, 2.45) is 29.6 Å². The van der Waals surface area contributed by atoms with E-state index in [2.05, 4.69) is 4.98 Å². The minimum absolute atomic E-state index is 0.00878. The van der Waals surface area contributed by atoms with Crippen LogP contribution in [-0.2, 0) is 23.9 Å². The van der Waals surface area contributed by atoms with Crippen molar-refractivity contribution in [1.82, 2.24) is 14.8 Å². The lowest BCUT2D eigenvalue weighted by Crippen LogP contribution is -2.43. The molecule has 2 aromatic rings. The molecule has 7 atom stereocenters. The molecule has 1 aromatic carbocycles. The Morgan fingerprint density at radius 3 is 2.55 bits per heavy atom. The van der Waals surface area contributed by atoms with E-state index < -0.39 is 17.8 Å². The van der Waals surface area contributed by atoms with Crippen LogP contribution < -0.4 is 14.3 Å². The van der Waals surface area contributed by atoms with E-state index in [1.165, 1.54) is 11.3 Å². The van der Waals surface area contributed by atoms with Crippen molar-refractivity contribution in [2.45, 2.75) is 36.0 Å². The average Bonchev–Trinajstić information content (AvgIpc) is 3.75. The maximum Gasteiger partial charge on any atom is 0.305 e. The van der Waals surface area contributed by atoms with E-state index in [0.29, 0.717) is 44.4 Å². The number of aliphatic carboxylic acids is 1. The first kappa shape index (κ1) is 29.4. The van der Waals surface area contributed by atoms with Gasteiger partial charge in [0.25, 0.3) is 5.91 Å². The molecule has 2 bridgehead atoms. The normalized spacial score (nSPS) is 30.2. The standard InChI is InChI=1S/C30H33N3O9S2/c1-2-41-18-11-14(3-4-17(18)42-13-19(34)32-7-9-40-10-8-32)21-22-15-12-16(25(22)43-27-26(21)44-30(39)31-27)24-23(15)28(37)33(29(24)38)6-5-20(35)36/h3-4,11,15-16,21-25H,2,5-10,12-13H2,1H3,(H,31,39)(H,35,36)/t15?,16?,21-,22?,23?,24?,25?/m1/s1. The maximum absolute atomic E-state index is 13.6. The number of aromatic amines is 1. The number of likely N-dealkylation sites (tertiary alicyclic amines) is 1. The summed E-state index contributed by atoms with van der Waals surface area (Å²) >= 11 is 2.77. The SMILES string of the molecule is CCOc1cc([C@H]2c3sc(=O)[nH]c3SC3C4CC(C5C(=O)N(CCC(=O)O)C(=O)C45)C32)ccc1OCC(=O)N1CCOCC1. The quantitative estimate of drug-likeness (QED) is 0.388. The monoisotopic (exact) mass is 643 g/mol. The minimum Gasteiger partial charge on any atom is -0.490 e. The zero-order valence-corrected chi connectivity index (χ0v) is 25.7. The smallest absolute Gasteiger partial charge is 0.305 e. The Balaban J connectivity index is 1.20. The van der Waals surface area contributed by atoms with E-state index in [0.717, 1.165) is 26.8 Å². The van der Waals surface area contributed by atoms with Gasteiger partial charge in [0.1, 0.15) is 0 Å². The molecule has 44 heavy (non-hydrogen) atoms. The van der Waals surface area contributed by atoms with Crippen molar-refractivity contribution in [3.8, 4) is 11.5 Å². The van der Waals surface area contributed by atoms with E-state index in [4.69, 9.17) is 14.2 Å². The first-order valence-electron chi connectivity index (χ1n) is 15.0. The van der Waals surface area contributed by atoms with E-state index >= 15 is 0 Å². The van der Waals surface area contributed by atoms with Crippen LogP contribution in [0, 0.1) is 29.6 Å². The third-order valence-corrected chi connectivity index (χ3v) is 12.3. The van der Waals surface area contributed by atoms with Gasteiger partial charge in [-0.05, 0) is 48.8 Å². The van der Waals surface area contributed by atoms with Gasteiger partial charge in [-0.25, -0.2) is 0 Å². The van der Waals surface area contributed by atoms with E-state index in [1.807, 2.05) is 19.1 Å². The Morgan fingerprint density at radius 1 is 1.07 bits per heavy atom. The van der Waals surface area contributed by atoms with Gasteiger partial charge in [-0.15, -0.1) is 11.8 Å². The highest BCUT2D eigenvalue weighted by Crippen LogP contribution is 2.68. The molecule has 0 spiro atoms. The van der Waals surface area contributed by atoms with Gasteiger partial charge in [0.2, 0.25) is 11.8 Å². The Hall–Kier alpha value is -3.36. The molecule has 234 valence electrons. The number of nitrogens with zero attached hydrogens (tertiary/aromatic N) is 2. The molecule has 14 heteroatoms. The van der Waals surface area contributed by atoms with Crippen LogP contribution in [0.4, 0.5) is 0 Å². The number of nitrogens with one attached hydrogen (secondary N) is 1. The molecule has 2 saturated carbocycles. The first-order valence-corrected chi connectivity index (χ1v) is 16.7. The van der Waals surface area contributed by atoms with Crippen molar-refractivity contribution in [2.75, 3.05) is 46.1 Å². The van der Waals surface area contributed by atoms with Gasteiger partial charge in [0.05, 0.1) is 43.1 Å². The van der Waals surface area contributed by atoms with Crippen LogP contribution in [0.15, 0.2) is 28.0 Å². The van der Waals surface area contributed by atoms with Crippen LogP contribution in [0.2, 0.25) is 0 Å². The Labute approximate surface area is 261 Å². The molecule has 2 aliphatic carbocycles. The number of aromatic nitrogens is 1. The van der Waals surface area contributed by atoms with Crippen LogP contribution in [0.5, 0.6) is 11.5 Å². The molecule has 7 rings (SSSR count). The minimum atomic E-state index is -1.05. The van der Waals surface area contributed by atoms with Gasteiger partial charge in [-0.1, -0.05) is 17.4 Å². The average molecular weight is 644 g/mol. The number of benzene rings is 1. The Bertz CT molecular complexity index is 1570. The van der Waals surface area contributed by atoms with Crippen LogP contribution in [0.3, 0.4) is 0 Å². The zero-order chi connectivity index (χ0) is 30.7.